The first-order valence-corrected chi connectivity index (χ1v) is 9.80. The number of nitrogens with zero attached hydrogens (tertiary/aromatic N) is 2. The highest BCUT2D eigenvalue weighted by Crippen LogP contribution is 2.20. The fourth-order valence-corrected chi connectivity index (χ4v) is 3.14. The van der Waals surface area contributed by atoms with Gasteiger partial charge < -0.3 is 21.1 Å². The molecule has 0 aliphatic rings. The Morgan fingerprint density at radius 1 is 1.22 bits per heavy atom. The third-order valence-electron chi connectivity index (χ3n) is 3.94. The first-order valence-electron chi connectivity index (χ1n) is 8.92. The topological polar surface area (TPSA) is 98.6 Å². The summed E-state index contributed by atoms with van der Waals surface area (Å²) in [5.41, 5.74) is 2.17. The van der Waals surface area contributed by atoms with Crippen molar-refractivity contribution in [1.82, 2.24) is 20.9 Å². The molecule has 8 heteroatoms. The molecule has 1 aromatic heterocycles. The Kier molecular flexibility index (Phi) is 7.75. The minimum Gasteiger partial charge on any atom is -0.384 e. The van der Waals surface area contributed by atoms with Crippen LogP contribution in [0.4, 0.5) is 0 Å². The van der Waals surface area contributed by atoms with Gasteiger partial charge in [0.05, 0.1) is 17.7 Å². The van der Waals surface area contributed by atoms with Crippen LogP contribution in [0.3, 0.4) is 0 Å². The zero-order chi connectivity index (χ0) is 19.7. The van der Waals surface area contributed by atoms with E-state index in [-0.39, 0.29) is 12.5 Å². The number of aliphatic hydroxyl groups is 1. The number of amides is 1. The van der Waals surface area contributed by atoms with Gasteiger partial charge in [0.15, 0.2) is 5.96 Å². The predicted octanol–water partition coefficient (Wildman–Crippen LogP) is 1.64. The zero-order valence-electron chi connectivity index (χ0n) is 16.0. The zero-order valence-corrected chi connectivity index (χ0v) is 16.8. The van der Waals surface area contributed by atoms with E-state index in [0.717, 1.165) is 11.3 Å². The monoisotopic (exact) mass is 389 g/mol. The first-order chi connectivity index (χ1) is 12.9. The van der Waals surface area contributed by atoms with E-state index in [2.05, 4.69) is 25.9 Å². The summed E-state index contributed by atoms with van der Waals surface area (Å²) in [5, 5.41) is 19.8. The van der Waals surface area contributed by atoms with Crippen molar-refractivity contribution >= 4 is 23.2 Å². The molecule has 2 rings (SSSR count). The lowest BCUT2D eigenvalue weighted by molar-refractivity contribution is 0.0672. The molecule has 0 aliphatic carbocycles. The summed E-state index contributed by atoms with van der Waals surface area (Å²) < 4.78 is 0. The largest absolute Gasteiger partial charge is 0.384 e. The molecule has 146 valence electrons. The molecule has 1 unspecified atom stereocenters. The lowest BCUT2D eigenvalue weighted by Crippen LogP contribution is -2.42. The molecule has 1 atom stereocenters. The minimum absolute atomic E-state index is 0.120. The van der Waals surface area contributed by atoms with Crippen LogP contribution in [0.1, 0.15) is 34.8 Å². The van der Waals surface area contributed by atoms with Gasteiger partial charge in [-0.2, -0.15) is 0 Å². The Morgan fingerprint density at radius 2 is 1.93 bits per heavy atom. The van der Waals surface area contributed by atoms with Crippen LogP contribution in [0.15, 0.2) is 40.8 Å². The number of hydrogen-bond acceptors (Lipinski definition) is 5. The van der Waals surface area contributed by atoms with Crippen LogP contribution in [-0.4, -0.2) is 48.1 Å². The fraction of sp³-hybridized carbons (Fsp3) is 0.421. The number of guanidine groups is 1. The van der Waals surface area contributed by atoms with E-state index in [0.29, 0.717) is 30.5 Å². The van der Waals surface area contributed by atoms with Gasteiger partial charge in [-0.25, -0.2) is 9.98 Å². The number of thiazole rings is 1. The van der Waals surface area contributed by atoms with Crippen molar-refractivity contribution in [3.63, 3.8) is 0 Å². The van der Waals surface area contributed by atoms with Crippen molar-refractivity contribution < 1.29 is 9.90 Å². The van der Waals surface area contributed by atoms with Gasteiger partial charge in [0, 0.05) is 19.6 Å². The summed E-state index contributed by atoms with van der Waals surface area (Å²) in [6, 6.07) is 9.46. The van der Waals surface area contributed by atoms with Gasteiger partial charge in [-0.05, 0) is 26.3 Å². The van der Waals surface area contributed by atoms with E-state index in [9.17, 15) is 9.90 Å². The van der Waals surface area contributed by atoms with Crippen molar-refractivity contribution in [2.45, 2.75) is 26.4 Å². The molecule has 2 aromatic rings. The van der Waals surface area contributed by atoms with Crippen LogP contribution in [-0.2, 0) is 5.60 Å². The van der Waals surface area contributed by atoms with Crippen molar-refractivity contribution in [3.05, 3.63) is 52.0 Å². The maximum absolute atomic E-state index is 12.1. The lowest BCUT2D eigenvalue weighted by Gasteiger charge is -2.22. The fourth-order valence-electron chi connectivity index (χ4n) is 2.42. The van der Waals surface area contributed by atoms with Crippen LogP contribution >= 0.6 is 11.3 Å². The summed E-state index contributed by atoms with van der Waals surface area (Å²) in [4.78, 5) is 21.2. The third-order valence-corrected chi connectivity index (χ3v) is 4.87. The highest BCUT2D eigenvalue weighted by molar-refractivity contribution is 7.11. The van der Waals surface area contributed by atoms with Crippen LogP contribution in [0.25, 0.3) is 0 Å². The van der Waals surface area contributed by atoms with Crippen LogP contribution < -0.4 is 16.0 Å². The second-order valence-corrected chi connectivity index (χ2v) is 7.14. The molecule has 7 nitrogen and oxygen atoms in total. The van der Waals surface area contributed by atoms with Gasteiger partial charge in [0.2, 0.25) is 0 Å². The normalized spacial score (nSPS) is 13.7. The number of aliphatic imine (C=N–C) groups is 1. The number of hydrogen-bond donors (Lipinski definition) is 4. The molecule has 0 fully saturated rings. The standard InChI is InChI=1S/C19H27N5O2S/c1-4-20-18(23-12-19(3,26)15-8-6-5-7-9-15)22-11-10-21-17(25)16-14(2)24-13-27-16/h5-9,13,26H,4,10-12H2,1-3H3,(H,21,25)(H2,20,22,23). The van der Waals surface area contributed by atoms with E-state index in [4.69, 9.17) is 0 Å². The summed E-state index contributed by atoms with van der Waals surface area (Å²) >= 11 is 1.33. The molecule has 0 aliphatic heterocycles. The number of aryl methyl sites for hydroxylation is 1. The Labute approximate surface area is 163 Å². The predicted molar refractivity (Wildman–Crippen MR) is 109 cm³/mol. The van der Waals surface area contributed by atoms with Crippen LogP contribution in [0, 0.1) is 6.92 Å². The molecule has 0 radical (unpaired) electrons. The Bertz CT molecular complexity index is 758. The van der Waals surface area contributed by atoms with E-state index in [1.807, 2.05) is 44.2 Å². The van der Waals surface area contributed by atoms with Gasteiger partial charge in [-0.15, -0.1) is 11.3 Å². The SMILES string of the molecule is CCNC(=NCC(C)(O)c1ccccc1)NCCNC(=O)c1scnc1C. The average molecular weight is 390 g/mol. The molecule has 0 bridgehead atoms. The number of nitrogens with one attached hydrogen (secondary N) is 3. The van der Waals surface area contributed by atoms with Gasteiger partial charge in [-0.1, -0.05) is 30.3 Å². The molecular formula is C19H27N5O2S. The highest BCUT2D eigenvalue weighted by atomic mass is 32.1. The van der Waals surface area contributed by atoms with E-state index in [1.165, 1.54) is 11.3 Å². The van der Waals surface area contributed by atoms with E-state index >= 15 is 0 Å². The Morgan fingerprint density at radius 3 is 2.56 bits per heavy atom. The van der Waals surface area contributed by atoms with E-state index in [1.54, 1.807) is 12.4 Å². The van der Waals surface area contributed by atoms with Crippen molar-refractivity contribution in [3.8, 4) is 0 Å². The van der Waals surface area contributed by atoms with E-state index < -0.39 is 5.60 Å². The summed E-state index contributed by atoms with van der Waals surface area (Å²) in [5.74, 6) is 0.475. The Hall–Kier alpha value is -2.45. The van der Waals surface area contributed by atoms with Crippen molar-refractivity contribution in [2.24, 2.45) is 4.99 Å². The molecule has 27 heavy (non-hydrogen) atoms. The van der Waals surface area contributed by atoms with Crippen LogP contribution in [0.2, 0.25) is 0 Å². The number of carbonyl (C=O) groups excluding carboxylic acids is 1. The highest BCUT2D eigenvalue weighted by Gasteiger charge is 2.22. The van der Waals surface area contributed by atoms with Gasteiger partial charge >= 0.3 is 0 Å². The first kappa shape index (κ1) is 20.9. The van der Waals surface area contributed by atoms with Crippen molar-refractivity contribution in [1.29, 1.82) is 0 Å². The molecule has 0 saturated carbocycles. The summed E-state index contributed by atoms with van der Waals surface area (Å²) in [6.07, 6.45) is 0. The second kappa shape index (κ2) is 10.0. The van der Waals surface area contributed by atoms with Gasteiger partial charge in [0.25, 0.3) is 5.91 Å². The third kappa shape index (κ3) is 6.33. The molecule has 1 amide bonds. The average Bonchev–Trinajstić information content (AvgIpc) is 3.09. The quantitative estimate of drug-likeness (QED) is 0.313. The number of rotatable bonds is 8. The number of aromatic nitrogens is 1. The maximum Gasteiger partial charge on any atom is 0.263 e. The Balaban J connectivity index is 1.85. The second-order valence-electron chi connectivity index (χ2n) is 6.28. The summed E-state index contributed by atoms with van der Waals surface area (Å²) in [6.45, 7) is 7.43. The number of carbonyl (C=O) groups is 1. The number of benzene rings is 1. The molecule has 1 aromatic carbocycles. The summed E-state index contributed by atoms with van der Waals surface area (Å²) in [7, 11) is 0. The lowest BCUT2D eigenvalue weighted by atomic mass is 9.96. The smallest absolute Gasteiger partial charge is 0.263 e. The van der Waals surface area contributed by atoms with Gasteiger partial charge in [-0.3, -0.25) is 4.79 Å². The van der Waals surface area contributed by atoms with Gasteiger partial charge in [0.1, 0.15) is 10.5 Å². The molecule has 1 heterocycles. The minimum atomic E-state index is -1.05. The van der Waals surface area contributed by atoms with Crippen LogP contribution in [0.5, 0.6) is 0 Å². The maximum atomic E-state index is 12.1. The molecular weight excluding hydrogens is 362 g/mol. The molecule has 0 saturated heterocycles. The van der Waals surface area contributed by atoms with Crippen molar-refractivity contribution in [2.75, 3.05) is 26.2 Å². The molecule has 4 N–H and O–H groups in total. The molecule has 0 spiro atoms.